The van der Waals surface area contributed by atoms with Gasteiger partial charge in [-0.2, -0.15) is 0 Å². The number of benzene rings is 2. The Morgan fingerprint density at radius 3 is 2.37 bits per heavy atom. The Kier molecular flexibility index (Phi) is 5.00. The molecule has 0 unspecified atom stereocenters. The predicted octanol–water partition coefficient (Wildman–Crippen LogP) is 3.66. The van der Waals surface area contributed by atoms with E-state index in [2.05, 4.69) is 9.88 Å². The summed E-state index contributed by atoms with van der Waals surface area (Å²) in [5.74, 6) is 0.557. The molecular formula is C19H18N2O5S. The minimum absolute atomic E-state index is 0.0350. The number of carbonyl (C=O) groups excluding carboxylic acids is 1. The molecule has 0 aliphatic rings. The first-order valence-corrected chi connectivity index (χ1v) is 9.54. The predicted molar refractivity (Wildman–Crippen MR) is 100 cm³/mol. The molecule has 0 saturated carbocycles. The number of Topliss-reactive ketones (excluding diaryl/α,β-unsaturated/α-hetero) is 1. The van der Waals surface area contributed by atoms with Gasteiger partial charge in [-0.25, -0.2) is 8.42 Å². The van der Waals surface area contributed by atoms with Gasteiger partial charge in [-0.15, -0.1) is 0 Å². The molecular weight excluding hydrogens is 368 g/mol. The summed E-state index contributed by atoms with van der Waals surface area (Å²) in [6.07, 6.45) is 0. The van der Waals surface area contributed by atoms with Crippen molar-refractivity contribution in [1.82, 2.24) is 5.16 Å². The summed E-state index contributed by atoms with van der Waals surface area (Å²) in [6.45, 7) is 3.22. The maximum atomic E-state index is 12.9. The second-order valence-electron chi connectivity index (χ2n) is 5.94. The highest BCUT2D eigenvalue weighted by Crippen LogP contribution is 2.31. The van der Waals surface area contributed by atoms with E-state index in [-0.39, 0.29) is 16.4 Å². The summed E-state index contributed by atoms with van der Waals surface area (Å²) in [5, 5.41) is 3.82. The lowest BCUT2D eigenvalue weighted by molar-refractivity contribution is 0.101. The second kappa shape index (κ2) is 7.24. The number of hydrogen-bond acceptors (Lipinski definition) is 6. The highest BCUT2D eigenvalue weighted by molar-refractivity contribution is 7.92. The minimum Gasteiger partial charge on any atom is -0.495 e. The summed E-state index contributed by atoms with van der Waals surface area (Å²) in [5.41, 5.74) is 2.08. The third-order valence-electron chi connectivity index (χ3n) is 3.91. The van der Waals surface area contributed by atoms with E-state index in [4.69, 9.17) is 9.26 Å². The van der Waals surface area contributed by atoms with Crippen LogP contribution < -0.4 is 9.46 Å². The van der Waals surface area contributed by atoms with Crippen molar-refractivity contribution in [2.24, 2.45) is 0 Å². The Labute approximate surface area is 157 Å². The number of nitrogens with zero attached hydrogens (tertiary/aromatic N) is 1. The van der Waals surface area contributed by atoms with Crippen LogP contribution in [0.5, 0.6) is 5.75 Å². The first-order chi connectivity index (χ1) is 12.8. The van der Waals surface area contributed by atoms with E-state index in [0.29, 0.717) is 28.3 Å². The van der Waals surface area contributed by atoms with Crippen molar-refractivity contribution in [2.45, 2.75) is 18.7 Å². The number of ketones is 1. The molecule has 7 nitrogen and oxygen atoms in total. The van der Waals surface area contributed by atoms with Crippen molar-refractivity contribution in [3.05, 3.63) is 59.8 Å². The monoisotopic (exact) mass is 386 g/mol. The molecule has 0 fully saturated rings. The number of carbonyl (C=O) groups is 1. The topological polar surface area (TPSA) is 98.5 Å². The zero-order valence-electron chi connectivity index (χ0n) is 15.0. The molecule has 0 aliphatic heterocycles. The molecule has 1 aromatic heterocycles. The maximum Gasteiger partial charge on any atom is 0.265 e. The average Bonchev–Trinajstić information content (AvgIpc) is 3.07. The number of aromatic nitrogens is 1. The van der Waals surface area contributed by atoms with Crippen LogP contribution in [0.25, 0.3) is 11.3 Å². The Balaban J connectivity index is 1.98. The van der Waals surface area contributed by atoms with Gasteiger partial charge in [0.15, 0.2) is 11.5 Å². The van der Waals surface area contributed by atoms with Crippen molar-refractivity contribution >= 4 is 21.5 Å². The van der Waals surface area contributed by atoms with Gasteiger partial charge in [0.25, 0.3) is 10.0 Å². The Morgan fingerprint density at radius 1 is 1.11 bits per heavy atom. The Bertz CT molecular complexity index is 1090. The van der Waals surface area contributed by atoms with E-state index in [9.17, 15) is 13.2 Å². The Hall–Kier alpha value is -3.13. The lowest BCUT2D eigenvalue weighted by Crippen LogP contribution is -2.14. The molecule has 8 heteroatoms. The highest BCUT2D eigenvalue weighted by atomic mass is 32.2. The van der Waals surface area contributed by atoms with Crippen LogP contribution in [0.1, 0.15) is 23.0 Å². The van der Waals surface area contributed by atoms with Gasteiger partial charge >= 0.3 is 0 Å². The zero-order valence-corrected chi connectivity index (χ0v) is 15.8. The van der Waals surface area contributed by atoms with Crippen molar-refractivity contribution in [3.8, 4) is 17.1 Å². The van der Waals surface area contributed by atoms with E-state index in [0.717, 1.165) is 0 Å². The second-order valence-corrected chi connectivity index (χ2v) is 7.59. The average molecular weight is 386 g/mol. The van der Waals surface area contributed by atoms with Crippen LogP contribution in [0.4, 0.5) is 5.69 Å². The molecule has 3 rings (SSSR count). The molecule has 0 amide bonds. The van der Waals surface area contributed by atoms with Crippen LogP contribution in [0.3, 0.4) is 0 Å². The van der Waals surface area contributed by atoms with Gasteiger partial charge in [-0.1, -0.05) is 5.16 Å². The van der Waals surface area contributed by atoms with E-state index in [1.54, 1.807) is 37.3 Å². The highest BCUT2D eigenvalue weighted by Gasteiger charge is 2.21. The summed E-state index contributed by atoms with van der Waals surface area (Å²) in [6, 6.07) is 12.6. The largest absolute Gasteiger partial charge is 0.495 e. The number of nitrogens with one attached hydrogen (secondary N) is 1. The van der Waals surface area contributed by atoms with E-state index >= 15 is 0 Å². The molecule has 0 bridgehead atoms. The lowest BCUT2D eigenvalue weighted by atomic mass is 10.1. The quantitative estimate of drug-likeness (QED) is 0.649. The van der Waals surface area contributed by atoms with Crippen LogP contribution in [-0.2, 0) is 10.0 Å². The zero-order chi connectivity index (χ0) is 19.6. The smallest absolute Gasteiger partial charge is 0.265 e. The molecule has 2 aromatic carbocycles. The fourth-order valence-corrected chi connectivity index (χ4v) is 3.78. The summed E-state index contributed by atoms with van der Waals surface area (Å²) in [7, 11) is -2.54. The van der Waals surface area contributed by atoms with Gasteiger partial charge in [0.05, 0.1) is 12.8 Å². The van der Waals surface area contributed by atoms with E-state index < -0.39 is 10.0 Å². The molecule has 0 radical (unpaired) electrons. The first-order valence-electron chi connectivity index (χ1n) is 8.06. The van der Waals surface area contributed by atoms with Crippen LogP contribution in [-0.4, -0.2) is 26.5 Å². The third kappa shape index (κ3) is 4.01. The summed E-state index contributed by atoms with van der Waals surface area (Å²) in [4.78, 5) is 11.3. The van der Waals surface area contributed by atoms with Crippen molar-refractivity contribution < 1.29 is 22.5 Å². The van der Waals surface area contributed by atoms with E-state index in [1.165, 1.54) is 32.2 Å². The van der Waals surface area contributed by atoms with Gasteiger partial charge in [0.2, 0.25) is 0 Å². The van der Waals surface area contributed by atoms with Crippen molar-refractivity contribution in [1.29, 1.82) is 0 Å². The van der Waals surface area contributed by atoms with Gasteiger partial charge in [-0.3, -0.25) is 9.52 Å². The fraction of sp³-hybridized carbons (Fsp3) is 0.158. The maximum absolute atomic E-state index is 12.9. The normalized spacial score (nSPS) is 11.2. The van der Waals surface area contributed by atoms with Gasteiger partial charge in [0, 0.05) is 22.9 Å². The Morgan fingerprint density at radius 2 is 1.81 bits per heavy atom. The molecule has 3 aromatic rings. The van der Waals surface area contributed by atoms with Gasteiger partial charge in [0.1, 0.15) is 10.6 Å². The van der Waals surface area contributed by atoms with Gasteiger partial charge < -0.3 is 9.26 Å². The number of methoxy groups -OCH3 is 1. The van der Waals surface area contributed by atoms with E-state index in [1.807, 2.05) is 0 Å². The summed E-state index contributed by atoms with van der Waals surface area (Å²) < 4.78 is 38.7. The molecule has 1 N–H and O–H groups in total. The number of anilines is 1. The first kappa shape index (κ1) is 18.7. The standard InChI is InChI=1S/C19H18N2O5S/c1-12-10-18(26-20-12)15-6-9-17(25-3)19(11-15)27(23,24)21-16-7-4-14(5-8-16)13(2)22/h4-11,21H,1-3H3. The number of ether oxygens (including phenoxy) is 1. The summed E-state index contributed by atoms with van der Waals surface area (Å²) >= 11 is 0. The molecule has 27 heavy (non-hydrogen) atoms. The molecule has 140 valence electrons. The number of aryl methyl sites for hydroxylation is 1. The molecule has 1 heterocycles. The van der Waals surface area contributed by atoms with Crippen LogP contribution in [0, 0.1) is 6.92 Å². The van der Waals surface area contributed by atoms with Crippen molar-refractivity contribution in [2.75, 3.05) is 11.8 Å². The van der Waals surface area contributed by atoms with Crippen LogP contribution >= 0.6 is 0 Å². The number of hydrogen-bond donors (Lipinski definition) is 1. The van der Waals surface area contributed by atoms with Crippen molar-refractivity contribution in [3.63, 3.8) is 0 Å². The molecule has 0 spiro atoms. The SMILES string of the molecule is COc1ccc(-c2cc(C)no2)cc1S(=O)(=O)Nc1ccc(C(C)=O)cc1. The van der Waals surface area contributed by atoms with Crippen LogP contribution in [0.2, 0.25) is 0 Å². The molecule has 0 aliphatic carbocycles. The molecule has 0 atom stereocenters. The minimum atomic E-state index is -3.93. The lowest BCUT2D eigenvalue weighted by Gasteiger charge is -2.13. The number of rotatable bonds is 6. The third-order valence-corrected chi connectivity index (χ3v) is 5.31. The number of sulfonamides is 1. The fourth-order valence-electron chi connectivity index (χ4n) is 2.52. The van der Waals surface area contributed by atoms with Crippen LogP contribution in [0.15, 0.2) is 57.9 Å². The molecule has 0 saturated heterocycles. The van der Waals surface area contributed by atoms with Gasteiger partial charge in [-0.05, 0) is 56.3 Å².